The average Bonchev–Trinajstić information content (AvgIpc) is 3.24. The van der Waals surface area contributed by atoms with Gasteiger partial charge in [0.25, 0.3) is 0 Å². The summed E-state index contributed by atoms with van der Waals surface area (Å²) in [7, 11) is 0. The summed E-state index contributed by atoms with van der Waals surface area (Å²) >= 11 is 0. The zero-order chi connectivity index (χ0) is 26.6. The van der Waals surface area contributed by atoms with Crippen molar-refractivity contribution in [3.63, 3.8) is 0 Å². The number of esters is 1. The van der Waals surface area contributed by atoms with Gasteiger partial charge in [-0.1, -0.05) is 13.0 Å². The number of rotatable bonds is 0. The van der Waals surface area contributed by atoms with Crippen LogP contribution in [0, 0.1) is 34.5 Å². The molecule has 5 N–H and O–H groups in total. The Bertz CT molecular complexity index is 1120. The van der Waals surface area contributed by atoms with Crippen LogP contribution in [-0.4, -0.2) is 90.9 Å². The first-order chi connectivity index (χ1) is 17.2. The summed E-state index contributed by atoms with van der Waals surface area (Å²) < 4.78 is 18.0. The zero-order valence-electron chi connectivity index (χ0n) is 21.3. The quantitative estimate of drug-likeness (QED) is 0.265. The molecule has 10 heteroatoms. The molecule has 0 aromatic carbocycles. The van der Waals surface area contributed by atoms with Crippen molar-refractivity contribution in [2.75, 3.05) is 6.61 Å². The van der Waals surface area contributed by atoms with E-state index in [9.17, 15) is 35.1 Å². The van der Waals surface area contributed by atoms with E-state index in [-0.39, 0.29) is 43.5 Å². The highest BCUT2D eigenvalue weighted by Crippen LogP contribution is 2.74. The Labute approximate surface area is 214 Å². The van der Waals surface area contributed by atoms with Crippen LogP contribution >= 0.6 is 0 Å². The van der Waals surface area contributed by atoms with E-state index in [1.54, 1.807) is 13.0 Å². The molecule has 4 aliphatic carbocycles. The van der Waals surface area contributed by atoms with Crippen LogP contribution in [0.2, 0.25) is 0 Å². The number of ketones is 1. The molecule has 3 saturated heterocycles. The lowest BCUT2D eigenvalue weighted by molar-refractivity contribution is -0.433. The second-order valence-corrected chi connectivity index (χ2v) is 13.3. The number of carbonyl (C=O) groups excluding carboxylic acids is 2. The van der Waals surface area contributed by atoms with Crippen LogP contribution in [-0.2, 0) is 23.8 Å². The molecule has 3 saturated carbocycles. The average molecular weight is 521 g/mol. The van der Waals surface area contributed by atoms with Gasteiger partial charge in [-0.15, -0.1) is 0 Å². The predicted molar refractivity (Wildman–Crippen MR) is 123 cm³/mol. The molecule has 3 aliphatic heterocycles. The van der Waals surface area contributed by atoms with E-state index in [1.165, 1.54) is 13.0 Å². The smallest absolute Gasteiger partial charge is 0.341 e. The third-order valence-electron chi connectivity index (χ3n) is 12.3. The van der Waals surface area contributed by atoms with E-state index in [4.69, 9.17) is 14.2 Å². The van der Waals surface area contributed by atoms with Crippen LogP contribution in [0.3, 0.4) is 0 Å². The van der Waals surface area contributed by atoms with Gasteiger partial charge < -0.3 is 39.7 Å². The third kappa shape index (κ3) is 2.41. The molecule has 204 valence electrons. The molecule has 0 radical (unpaired) electrons. The zero-order valence-corrected chi connectivity index (χ0v) is 21.3. The standard InChI is InChI=1S/C27H36O10/c1-22-14-10-27(34)24(3)13(12(14)9-17(29)26(22,33)7-4-5-16(22)28)6-8-25(24,32)15-11-35-20-19(18(15)37-27)36-21(30)23(20,2)31/h4-5,12-15,17-20,29,31-34H,6-11H2,1-3H3/t12?,13?,14?,15?,17-,18?,19?,20?,22+,23+,24+,25-,26+,27+/m1/s1. The molecule has 6 fully saturated rings. The van der Waals surface area contributed by atoms with Gasteiger partial charge in [0.15, 0.2) is 23.3 Å². The molecule has 0 aromatic heterocycles. The largest absolute Gasteiger partial charge is 0.454 e. The highest BCUT2D eigenvalue weighted by molar-refractivity contribution is 5.97. The van der Waals surface area contributed by atoms with Gasteiger partial charge in [-0.05, 0) is 63.4 Å². The number of aliphatic hydroxyl groups excluding tert-OH is 1. The van der Waals surface area contributed by atoms with Crippen LogP contribution in [0.15, 0.2) is 12.2 Å². The Morgan fingerprint density at radius 3 is 2.43 bits per heavy atom. The summed E-state index contributed by atoms with van der Waals surface area (Å²) in [6, 6.07) is 0. The molecule has 7 unspecified atom stereocenters. The fraction of sp³-hybridized carbons (Fsp3) is 0.852. The fourth-order valence-corrected chi connectivity index (χ4v) is 10.1. The highest BCUT2D eigenvalue weighted by Gasteiger charge is 2.82. The van der Waals surface area contributed by atoms with Crippen LogP contribution in [0.5, 0.6) is 0 Å². The Kier molecular flexibility index (Phi) is 4.55. The van der Waals surface area contributed by atoms with Crippen LogP contribution < -0.4 is 0 Å². The lowest BCUT2D eigenvalue weighted by Gasteiger charge is -2.70. The minimum atomic E-state index is -1.92. The van der Waals surface area contributed by atoms with E-state index in [2.05, 4.69) is 0 Å². The SMILES string of the molecule is C[C@]12C3CC[C@@]1(O)C1COC4C(OC(=O)[C@@]4(C)O)C1O[C@@]2(O)CC1C3C[C@@H](O)[C@@]2(O)CC=CC(=O)[C@]12C. The van der Waals surface area contributed by atoms with Crippen molar-refractivity contribution in [1.29, 1.82) is 0 Å². The van der Waals surface area contributed by atoms with Crippen molar-refractivity contribution in [1.82, 2.24) is 0 Å². The molecular formula is C27H36O10. The molecule has 10 nitrogen and oxygen atoms in total. The summed E-state index contributed by atoms with van der Waals surface area (Å²) in [5.41, 5.74) is -7.53. The van der Waals surface area contributed by atoms with Crippen LogP contribution in [0.1, 0.15) is 52.9 Å². The molecule has 0 amide bonds. The van der Waals surface area contributed by atoms with Gasteiger partial charge in [0.1, 0.15) is 17.8 Å². The second kappa shape index (κ2) is 6.83. The maximum atomic E-state index is 13.4. The number of hydrogen-bond donors (Lipinski definition) is 5. The van der Waals surface area contributed by atoms with Crippen molar-refractivity contribution in [2.45, 2.75) is 99.9 Å². The topological polar surface area (TPSA) is 163 Å². The number of hydrogen-bond acceptors (Lipinski definition) is 10. The van der Waals surface area contributed by atoms with Gasteiger partial charge in [0.2, 0.25) is 0 Å². The van der Waals surface area contributed by atoms with Crippen LogP contribution in [0.25, 0.3) is 0 Å². The summed E-state index contributed by atoms with van der Waals surface area (Å²) in [4.78, 5) is 25.9. The van der Waals surface area contributed by atoms with Crippen molar-refractivity contribution >= 4 is 11.8 Å². The molecule has 37 heavy (non-hydrogen) atoms. The van der Waals surface area contributed by atoms with Gasteiger partial charge in [-0.25, -0.2) is 4.79 Å². The van der Waals surface area contributed by atoms with Gasteiger partial charge in [0.05, 0.1) is 29.1 Å². The minimum Gasteiger partial charge on any atom is -0.454 e. The molecule has 3 heterocycles. The summed E-state index contributed by atoms with van der Waals surface area (Å²) in [6.45, 7) is 4.84. The minimum absolute atomic E-state index is 0.0188. The first kappa shape index (κ1) is 24.6. The highest BCUT2D eigenvalue weighted by atomic mass is 16.7. The number of carbonyl (C=O) groups is 2. The fourth-order valence-electron chi connectivity index (χ4n) is 10.1. The summed E-state index contributed by atoms with van der Waals surface area (Å²) in [5, 5.41) is 58.4. The van der Waals surface area contributed by atoms with E-state index in [0.717, 1.165) is 0 Å². The van der Waals surface area contributed by atoms with E-state index < -0.39 is 75.6 Å². The van der Waals surface area contributed by atoms with Gasteiger partial charge in [-0.2, -0.15) is 0 Å². The van der Waals surface area contributed by atoms with E-state index in [0.29, 0.717) is 12.8 Å². The van der Waals surface area contributed by atoms with E-state index >= 15 is 0 Å². The molecule has 0 spiro atoms. The van der Waals surface area contributed by atoms with Crippen molar-refractivity contribution in [3.05, 3.63) is 12.2 Å². The maximum absolute atomic E-state index is 13.4. The molecular weight excluding hydrogens is 484 g/mol. The van der Waals surface area contributed by atoms with Gasteiger partial charge in [-0.3, -0.25) is 4.79 Å². The first-order valence-electron chi connectivity index (χ1n) is 13.5. The first-order valence-corrected chi connectivity index (χ1v) is 13.5. The summed E-state index contributed by atoms with van der Waals surface area (Å²) in [6.07, 6.45) is 0.150. The van der Waals surface area contributed by atoms with Crippen molar-refractivity contribution in [2.24, 2.45) is 34.5 Å². The number of aliphatic hydroxyl groups is 5. The number of ether oxygens (including phenoxy) is 3. The maximum Gasteiger partial charge on any atom is 0.341 e. The number of allylic oxidation sites excluding steroid dienone is 1. The van der Waals surface area contributed by atoms with Crippen molar-refractivity contribution < 1.29 is 49.3 Å². The predicted octanol–water partition coefficient (Wildman–Crippen LogP) is -0.420. The monoisotopic (exact) mass is 520 g/mol. The Morgan fingerprint density at radius 1 is 0.973 bits per heavy atom. The Balaban J connectivity index is 1.35. The number of fused-ring (bicyclic) bond motifs is 8. The summed E-state index contributed by atoms with van der Waals surface area (Å²) in [5.74, 6) is -4.74. The third-order valence-corrected chi connectivity index (χ3v) is 12.3. The van der Waals surface area contributed by atoms with Crippen LogP contribution in [0.4, 0.5) is 0 Å². The molecule has 7 aliphatic rings. The Morgan fingerprint density at radius 2 is 1.70 bits per heavy atom. The van der Waals surface area contributed by atoms with Gasteiger partial charge >= 0.3 is 5.97 Å². The van der Waals surface area contributed by atoms with E-state index in [1.807, 2.05) is 6.92 Å². The molecule has 0 bridgehead atoms. The molecule has 14 atom stereocenters. The van der Waals surface area contributed by atoms with Crippen molar-refractivity contribution in [3.8, 4) is 0 Å². The second-order valence-electron chi connectivity index (χ2n) is 13.3. The lowest BCUT2D eigenvalue weighted by atomic mass is 9.40. The normalized spacial score (nSPS) is 63.7. The Hall–Kier alpha value is -1.40. The molecule has 7 rings (SSSR count). The molecule has 0 aromatic rings. The lowest BCUT2D eigenvalue weighted by Crippen LogP contribution is -2.80. The van der Waals surface area contributed by atoms with Gasteiger partial charge in [0, 0.05) is 12.3 Å².